The molecule has 0 radical (unpaired) electrons. The predicted molar refractivity (Wildman–Crippen MR) is 67.9 cm³/mol. The fourth-order valence-corrected chi connectivity index (χ4v) is 2.22. The zero-order chi connectivity index (χ0) is 14.3. The summed E-state index contributed by atoms with van der Waals surface area (Å²) in [6.45, 7) is -0.199. The van der Waals surface area contributed by atoms with Crippen LogP contribution in [0.25, 0.3) is 5.69 Å². The van der Waals surface area contributed by atoms with Gasteiger partial charge < -0.3 is 15.3 Å². The number of nitrogens with zero attached hydrogens (tertiary/aromatic N) is 3. The quantitative estimate of drug-likeness (QED) is 0.769. The van der Waals surface area contributed by atoms with Gasteiger partial charge >= 0.3 is 5.97 Å². The van der Waals surface area contributed by atoms with Gasteiger partial charge in [0.05, 0.1) is 18.0 Å². The third-order valence-electron chi connectivity index (χ3n) is 3.35. The standard InChI is InChI=1S/C13H13N3O4/c17-6-10-12(7-1-2-7)16(15-14-10)8-3-4-11(18)9(5-8)13(19)20/h3-5,7,17-18H,1-2,6H2,(H,19,20). The Kier molecular flexibility index (Phi) is 2.90. The fourth-order valence-electron chi connectivity index (χ4n) is 2.22. The van der Waals surface area contributed by atoms with Gasteiger partial charge in [-0.3, -0.25) is 0 Å². The number of aromatic carboxylic acids is 1. The highest BCUT2D eigenvalue weighted by Gasteiger charge is 2.31. The first kappa shape index (κ1) is 12.6. The summed E-state index contributed by atoms with van der Waals surface area (Å²) in [4.78, 5) is 11.1. The molecule has 0 aliphatic heterocycles. The molecule has 1 saturated carbocycles. The summed E-state index contributed by atoms with van der Waals surface area (Å²) in [5, 5.41) is 35.8. The molecule has 20 heavy (non-hydrogen) atoms. The summed E-state index contributed by atoms with van der Waals surface area (Å²) in [6.07, 6.45) is 2.01. The molecule has 1 heterocycles. The van der Waals surface area contributed by atoms with Gasteiger partial charge in [-0.25, -0.2) is 9.48 Å². The maximum absolute atomic E-state index is 11.1. The van der Waals surface area contributed by atoms with Crippen LogP contribution in [0.2, 0.25) is 0 Å². The van der Waals surface area contributed by atoms with Crippen LogP contribution in [0, 0.1) is 0 Å². The van der Waals surface area contributed by atoms with Gasteiger partial charge in [0.15, 0.2) is 0 Å². The number of rotatable bonds is 4. The predicted octanol–water partition coefficient (Wildman–Crippen LogP) is 1.04. The number of hydrogen-bond acceptors (Lipinski definition) is 5. The van der Waals surface area contributed by atoms with Crippen LogP contribution in [0.4, 0.5) is 0 Å². The van der Waals surface area contributed by atoms with Gasteiger partial charge in [0.1, 0.15) is 17.0 Å². The maximum Gasteiger partial charge on any atom is 0.339 e. The number of aromatic hydroxyl groups is 1. The number of carbonyl (C=O) groups is 1. The van der Waals surface area contributed by atoms with Crippen LogP contribution in [-0.4, -0.2) is 36.3 Å². The SMILES string of the molecule is O=C(O)c1cc(-n2nnc(CO)c2C2CC2)ccc1O. The van der Waals surface area contributed by atoms with Crippen LogP contribution in [0.15, 0.2) is 18.2 Å². The molecular formula is C13H13N3O4. The zero-order valence-corrected chi connectivity index (χ0v) is 10.5. The lowest BCUT2D eigenvalue weighted by Gasteiger charge is -2.08. The molecule has 7 heteroatoms. The van der Waals surface area contributed by atoms with Crippen LogP contribution in [-0.2, 0) is 6.61 Å². The highest BCUT2D eigenvalue weighted by atomic mass is 16.4. The number of aliphatic hydroxyl groups excluding tert-OH is 1. The average Bonchev–Trinajstić information content (AvgIpc) is 3.18. The summed E-state index contributed by atoms with van der Waals surface area (Å²) in [5.74, 6) is -1.20. The summed E-state index contributed by atoms with van der Waals surface area (Å²) < 4.78 is 1.54. The van der Waals surface area contributed by atoms with Crippen LogP contribution in [0.3, 0.4) is 0 Å². The fraction of sp³-hybridized carbons (Fsp3) is 0.308. The van der Waals surface area contributed by atoms with Crippen molar-refractivity contribution in [1.82, 2.24) is 15.0 Å². The number of benzene rings is 1. The van der Waals surface area contributed by atoms with Crippen LogP contribution < -0.4 is 0 Å². The number of aliphatic hydroxyl groups is 1. The van der Waals surface area contributed by atoms with Crippen LogP contribution >= 0.6 is 0 Å². The lowest BCUT2D eigenvalue weighted by molar-refractivity contribution is 0.0693. The lowest BCUT2D eigenvalue weighted by Crippen LogP contribution is -2.05. The average molecular weight is 275 g/mol. The Hall–Kier alpha value is -2.41. The van der Waals surface area contributed by atoms with Crippen LogP contribution in [0.1, 0.15) is 40.5 Å². The van der Waals surface area contributed by atoms with Gasteiger partial charge in [0.2, 0.25) is 0 Å². The van der Waals surface area contributed by atoms with E-state index in [2.05, 4.69) is 10.3 Å². The summed E-state index contributed by atoms with van der Waals surface area (Å²) in [7, 11) is 0. The van der Waals surface area contributed by atoms with Crippen molar-refractivity contribution >= 4 is 5.97 Å². The van der Waals surface area contributed by atoms with Crippen molar-refractivity contribution < 1.29 is 20.1 Å². The molecule has 104 valence electrons. The Morgan fingerprint density at radius 1 is 1.40 bits per heavy atom. The van der Waals surface area contributed by atoms with E-state index in [1.54, 1.807) is 6.07 Å². The van der Waals surface area contributed by atoms with Crippen molar-refractivity contribution in [1.29, 1.82) is 0 Å². The number of phenols is 1. The first-order chi connectivity index (χ1) is 9.61. The van der Waals surface area contributed by atoms with Gasteiger partial charge in [0.25, 0.3) is 0 Å². The van der Waals surface area contributed by atoms with E-state index in [4.69, 9.17) is 5.11 Å². The Morgan fingerprint density at radius 3 is 2.75 bits per heavy atom. The van der Waals surface area contributed by atoms with Crippen LogP contribution in [0.5, 0.6) is 5.75 Å². The summed E-state index contributed by atoms with van der Waals surface area (Å²) >= 11 is 0. The number of carboxylic acids is 1. The van der Waals surface area contributed by atoms with Crippen molar-refractivity contribution in [3.8, 4) is 11.4 Å². The Balaban J connectivity index is 2.11. The Labute approximate surface area is 114 Å². The summed E-state index contributed by atoms with van der Waals surface area (Å²) in [5.41, 5.74) is 1.64. The molecule has 0 atom stereocenters. The van der Waals surface area contributed by atoms with Crippen molar-refractivity contribution in [3.63, 3.8) is 0 Å². The van der Waals surface area contributed by atoms with E-state index in [1.165, 1.54) is 16.8 Å². The van der Waals surface area contributed by atoms with E-state index < -0.39 is 5.97 Å². The molecule has 0 amide bonds. The minimum Gasteiger partial charge on any atom is -0.507 e. The monoisotopic (exact) mass is 275 g/mol. The molecule has 1 fully saturated rings. The smallest absolute Gasteiger partial charge is 0.339 e. The van der Waals surface area contributed by atoms with Crippen molar-refractivity contribution in [2.24, 2.45) is 0 Å². The third-order valence-corrected chi connectivity index (χ3v) is 3.35. The van der Waals surface area contributed by atoms with Crippen molar-refractivity contribution in [3.05, 3.63) is 35.2 Å². The molecular weight excluding hydrogens is 262 g/mol. The topological polar surface area (TPSA) is 108 Å². The first-order valence-corrected chi connectivity index (χ1v) is 6.24. The lowest BCUT2D eigenvalue weighted by atomic mass is 10.1. The molecule has 2 aromatic rings. The van der Waals surface area contributed by atoms with E-state index in [-0.39, 0.29) is 17.9 Å². The first-order valence-electron chi connectivity index (χ1n) is 6.24. The number of aromatic nitrogens is 3. The molecule has 7 nitrogen and oxygen atoms in total. The zero-order valence-electron chi connectivity index (χ0n) is 10.5. The molecule has 1 aromatic heterocycles. The largest absolute Gasteiger partial charge is 0.507 e. The molecule has 0 bridgehead atoms. The van der Waals surface area contributed by atoms with Gasteiger partial charge in [0, 0.05) is 5.92 Å². The molecule has 0 spiro atoms. The van der Waals surface area contributed by atoms with Gasteiger partial charge in [-0.1, -0.05) is 5.21 Å². The second-order valence-corrected chi connectivity index (χ2v) is 4.77. The Bertz CT molecular complexity index is 676. The van der Waals surface area contributed by atoms with Gasteiger partial charge in [-0.05, 0) is 31.0 Å². The minimum absolute atomic E-state index is 0.190. The van der Waals surface area contributed by atoms with E-state index in [9.17, 15) is 15.0 Å². The van der Waals surface area contributed by atoms with Gasteiger partial charge in [-0.15, -0.1) is 5.10 Å². The molecule has 0 unspecified atom stereocenters. The summed E-state index contributed by atoms with van der Waals surface area (Å²) in [6, 6.07) is 4.23. The van der Waals surface area contributed by atoms with E-state index >= 15 is 0 Å². The second-order valence-electron chi connectivity index (χ2n) is 4.77. The minimum atomic E-state index is -1.21. The highest BCUT2D eigenvalue weighted by Crippen LogP contribution is 2.42. The van der Waals surface area contributed by atoms with Crippen molar-refractivity contribution in [2.45, 2.75) is 25.4 Å². The Morgan fingerprint density at radius 2 is 2.15 bits per heavy atom. The van der Waals surface area contributed by atoms with Gasteiger partial charge in [-0.2, -0.15) is 0 Å². The van der Waals surface area contributed by atoms with Crippen molar-refractivity contribution in [2.75, 3.05) is 0 Å². The highest BCUT2D eigenvalue weighted by molar-refractivity contribution is 5.91. The molecule has 1 aliphatic rings. The van der Waals surface area contributed by atoms with E-state index in [1.807, 2.05) is 0 Å². The molecule has 1 aliphatic carbocycles. The normalized spacial score (nSPS) is 14.4. The second kappa shape index (κ2) is 4.61. The molecule has 1 aromatic carbocycles. The molecule has 3 rings (SSSR count). The number of carboxylic acid groups (broad SMARTS) is 1. The molecule has 3 N–H and O–H groups in total. The third kappa shape index (κ3) is 2.01. The molecule has 0 saturated heterocycles. The maximum atomic E-state index is 11.1. The number of hydrogen-bond donors (Lipinski definition) is 3. The van der Waals surface area contributed by atoms with E-state index in [0.717, 1.165) is 18.5 Å². The van der Waals surface area contributed by atoms with E-state index in [0.29, 0.717) is 17.3 Å².